The zero-order chi connectivity index (χ0) is 15.5. The first kappa shape index (κ1) is 16.2. The van der Waals surface area contributed by atoms with E-state index in [9.17, 15) is 9.59 Å². The first-order chi connectivity index (χ1) is 10.2. The Morgan fingerprint density at radius 3 is 1.86 bits per heavy atom. The molecule has 0 aliphatic carbocycles. The third kappa shape index (κ3) is 5.33. The molecule has 21 heavy (non-hydrogen) atoms. The van der Waals surface area contributed by atoms with E-state index in [1.54, 1.807) is 30.3 Å². The molecule has 0 aliphatic heterocycles. The highest BCUT2D eigenvalue weighted by Crippen LogP contribution is 2.19. The van der Waals surface area contributed by atoms with Gasteiger partial charge in [-0.1, -0.05) is 30.3 Å². The summed E-state index contributed by atoms with van der Waals surface area (Å²) in [5.74, 6) is -2.74. The molecule has 0 aliphatic rings. The van der Waals surface area contributed by atoms with Crippen molar-refractivity contribution in [2.24, 2.45) is 0 Å². The Bertz CT molecular complexity index is 525. The van der Waals surface area contributed by atoms with Gasteiger partial charge in [0.15, 0.2) is 5.92 Å². The molecule has 6 nitrogen and oxygen atoms in total. The van der Waals surface area contributed by atoms with E-state index in [0.29, 0.717) is 5.56 Å². The van der Waals surface area contributed by atoms with E-state index in [0.717, 1.165) is 0 Å². The van der Waals surface area contributed by atoms with Crippen LogP contribution < -0.4 is 0 Å². The van der Waals surface area contributed by atoms with Gasteiger partial charge in [0, 0.05) is 0 Å². The summed E-state index contributed by atoms with van der Waals surface area (Å²) in [4.78, 5) is 24.0. The summed E-state index contributed by atoms with van der Waals surface area (Å²) >= 11 is 0. The maximum absolute atomic E-state index is 12.0. The van der Waals surface area contributed by atoms with E-state index in [1.807, 2.05) is 12.1 Å². The standard InChI is InChI=1S/C15H14N2O4/c16-8-4-10-20-14(18)13(12-6-2-1-3-7-12)15(19)21-11-5-9-17/h1-3,6-7,13H,4-5,10-11H2. The molecule has 0 saturated carbocycles. The summed E-state index contributed by atoms with van der Waals surface area (Å²) in [7, 11) is 0. The molecule has 0 atom stereocenters. The van der Waals surface area contributed by atoms with Gasteiger partial charge in [-0.3, -0.25) is 9.59 Å². The minimum atomic E-state index is -1.21. The van der Waals surface area contributed by atoms with Crippen LogP contribution in [0, 0.1) is 22.7 Å². The van der Waals surface area contributed by atoms with Gasteiger partial charge < -0.3 is 9.47 Å². The molecule has 0 unspecified atom stereocenters. The van der Waals surface area contributed by atoms with Crippen molar-refractivity contribution in [1.29, 1.82) is 10.5 Å². The van der Waals surface area contributed by atoms with Crippen molar-refractivity contribution in [2.45, 2.75) is 18.8 Å². The van der Waals surface area contributed by atoms with Crippen molar-refractivity contribution in [3.8, 4) is 12.1 Å². The number of esters is 2. The zero-order valence-electron chi connectivity index (χ0n) is 11.3. The molecule has 0 bridgehead atoms. The maximum atomic E-state index is 12.0. The van der Waals surface area contributed by atoms with Crippen LogP contribution in [0.2, 0.25) is 0 Å². The number of ether oxygens (including phenoxy) is 2. The van der Waals surface area contributed by atoms with Crippen LogP contribution in [0.1, 0.15) is 24.3 Å². The second kappa shape index (κ2) is 9.11. The minimum absolute atomic E-state index is 0.0523. The van der Waals surface area contributed by atoms with Crippen molar-refractivity contribution in [1.82, 2.24) is 0 Å². The Morgan fingerprint density at radius 2 is 1.43 bits per heavy atom. The molecule has 0 amide bonds. The maximum Gasteiger partial charge on any atom is 0.324 e. The smallest absolute Gasteiger partial charge is 0.324 e. The van der Waals surface area contributed by atoms with Crippen LogP contribution >= 0.6 is 0 Å². The molecule has 0 aromatic heterocycles. The van der Waals surface area contributed by atoms with E-state index < -0.39 is 17.9 Å². The molecule has 0 saturated heterocycles. The molecule has 0 radical (unpaired) electrons. The quantitative estimate of drug-likeness (QED) is 0.429. The summed E-state index contributed by atoms with van der Waals surface area (Å²) < 4.78 is 9.80. The van der Waals surface area contributed by atoms with Crippen LogP contribution in [0.15, 0.2) is 30.3 Å². The highest BCUT2D eigenvalue weighted by molar-refractivity contribution is 6.00. The Balaban J connectivity index is 2.80. The predicted molar refractivity (Wildman–Crippen MR) is 71.6 cm³/mol. The van der Waals surface area contributed by atoms with Gasteiger partial charge in [-0.15, -0.1) is 0 Å². The number of hydrogen-bond donors (Lipinski definition) is 0. The van der Waals surface area contributed by atoms with Crippen LogP contribution in [-0.2, 0) is 19.1 Å². The number of hydrogen-bond acceptors (Lipinski definition) is 6. The molecule has 0 fully saturated rings. The molecule has 1 aromatic rings. The van der Waals surface area contributed by atoms with Crippen LogP contribution in [0.25, 0.3) is 0 Å². The highest BCUT2D eigenvalue weighted by atomic mass is 16.6. The number of rotatable bonds is 7. The Morgan fingerprint density at radius 1 is 0.952 bits per heavy atom. The van der Waals surface area contributed by atoms with E-state index in [2.05, 4.69) is 0 Å². The average Bonchev–Trinajstić information content (AvgIpc) is 2.49. The molecule has 1 aromatic carbocycles. The molecular weight excluding hydrogens is 272 g/mol. The Kier molecular flexibility index (Phi) is 7.02. The summed E-state index contributed by atoms with van der Waals surface area (Å²) in [6.07, 6.45) is 0.105. The number of nitrogens with zero attached hydrogens (tertiary/aromatic N) is 2. The second-order valence-electron chi connectivity index (χ2n) is 3.99. The lowest BCUT2D eigenvalue weighted by atomic mass is 9.99. The second-order valence-corrected chi connectivity index (χ2v) is 3.99. The summed E-state index contributed by atoms with van der Waals surface area (Å²) in [5.41, 5.74) is 0.446. The molecule has 108 valence electrons. The fourth-order valence-electron chi connectivity index (χ4n) is 1.58. The predicted octanol–water partition coefficient (Wildman–Crippen LogP) is 1.68. The Hall–Kier alpha value is -2.86. The van der Waals surface area contributed by atoms with Gasteiger partial charge >= 0.3 is 11.9 Å². The first-order valence-electron chi connectivity index (χ1n) is 6.32. The molecule has 0 spiro atoms. The largest absolute Gasteiger partial charge is 0.464 e. The highest BCUT2D eigenvalue weighted by Gasteiger charge is 2.31. The molecule has 6 heteroatoms. The van der Waals surface area contributed by atoms with Crippen molar-refractivity contribution in [3.63, 3.8) is 0 Å². The third-order valence-corrected chi connectivity index (χ3v) is 2.52. The first-order valence-corrected chi connectivity index (χ1v) is 6.32. The van der Waals surface area contributed by atoms with Gasteiger partial charge in [0.05, 0.1) is 25.0 Å². The topological polar surface area (TPSA) is 100 Å². The van der Waals surface area contributed by atoms with Crippen LogP contribution in [0.3, 0.4) is 0 Å². The average molecular weight is 286 g/mol. The number of carbonyl (C=O) groups excluding carboxylic acids is 2. The summed E-state index contributed by atoms with van der Waals surface area (Å²) in [6.45, 7) is -0.158. The van der Waals surface area contributed by atoms with Crippen LogP contribution in [-0.4, -0.2) is 25.2 Å². The lowest BCUT2D eigenvalue weighted by Crippen LogP contribution is -2.26. The number of carbonyl (C=O) groups is 2. The number of benzene rings is 1. The molecule has 1 rings (SSSR count). The van der Waals surface area contributed by atoms with Crippen LogP contribution in [0.4, 0.5) is 0 Å². The minimum Gasteiger partial charge on any atom is -0.464 e. The molecular formula is C15H14N2O4. The van der Waals surface area contributed by atoms with Crippen molar-refractivity contribution < 1.29 is 19.1 Å². The fourth-order valence-corrected chi connectivity index (χ4v) is 1.58. The van der Waals surface area contributed by atoms with E-state index in [4.69, 9.17) is 20.0 Å². The third-order valence-electron chi connectivity index (χ3n) is 2.52. The van der Waals surface area contributed by atoms with Crippen molar-refractivity contribution in [3.05, 3.63) is 35.9 Å². The van der Waals surface area contributed by atoms with E-state index in [-0.39, 0.29) is 26.1 Å². The summed E-state index contributed by atoms with van der Waals surface area (Å²) in [5, 5.41) is 16.8. The normalized spacial score (nSPS) is 9.48. The number of nitriles is 2. The zero-order valence-corrected chi connectivity index (χ0v) is 11.3. The van der Waals surface area contributed by atoms with E-state index >= 15 is 0 Å². The van der Waals surface area contributed by atoms with E-state index in [1.165, 1.54) is 0 Å². The lowest BCUT2D eigenvalue weighted by molar-refractivity contribution is -0.157. The van der Waals surface area contributed by atoms with Gasteiger partial charge in [0.1, 0.15) is 13.2 Å². The molecule has 0 heterocycles. The van der Waals surface area contributed by atoms with Gasteiger partial charge in [-0.25, -0.2) is 0 Å². The van der Waals surface area contributed by atoms with Crippen LogP contribution in [0.5, 0.6) is 0 Å². The SMILES string of the molecule is N#CCCOC(=O)C(C(=O)OCCC#N)c1ccccc1. The lowest BCUT2D eigenvalue weighted by Gasteiger charge is -2.14. The van der Waals surface area contributed by atoms with Gasteiger partial charge in [0.25, 0.3) is 0 Å². The monoisotopic (exact) mass is 286 g/mol. The van der Waals surface area contributed by atoms with Gasteiger partial charge in [0.2, 0.25) is 0 Å². The molecule has 0 N–H and O–H groups in total. The van der Waals surface area contributed by atoms with Gasteiger partial charge in [-0.05, 0) is 5.56 Å². The van der Waals surface area contributed by atoms with Crippen molar-refractivity contribution >= 4 is 11.9 Å². The van der Waals surface area contributed by atoms with Crippen molar-refractivity contribution in [2.75, 3.05) is 13.2 Å². The fraction of sp³-hybridized carbons (Fsp3) is 0.333. The van der Waals surface area contributed by atoms with Gasteiger partial charge in [-0.2, -0.15) is 10.5 Å². The Labute approximate surface area is 122 Å². The summed E-state index contributed by atoms with van der Waals surface area (Å²) in [6, 6.07) is 12.0.